The van der Waals surface area contributed by atoms with Gasteiger partial charge in [-0.15, -0.1) is 0 Å². The van der Waals surface area contributed by atoms with Crippen LogP contribution in [0.5, 0.6) is 5.88 Å². The number of ketones is 1. The highest BCUT2D eigenvalue weighted by atomic mass is 19.3. The number of rotatable bonds is 8. The Bertz CT molecular complexity index is 1190. The summed E-state index contributed by atoms with van der Waals surface area (Å²) in [7, 11) is 0. The minimum absolute atomic E-state index is 0.0113. The third-order valence-corrected chi connectivity index (χ3v) is 6.19. The summed E-state index contributed by atoms with van der Waals surface area (Å²) in [4.78, 5) is 25.8. The number of fused-ring (bicyclic) bond motifs is 2. The van der Waals surface area contributed by atoms with Crippen molar-refractivity contribution in [2.45, 2.75) is 57.0 Å². The lowest BCUT2D eigenvalue weighted by molar-refractivity contribution is 0.0154. The molecule has 7 nitrogen and oxygen atoms in total. The van der Waals surface area contributed by atoms with Gasteiger partial charge < -0.3 is 13.9 Å². The van der Waals surface area contributed by atoms with E-state index < -0.39 is 17.9 Å². The van der Waals surface area contributed by atoms with Crippen LogP contribution in [0.2, 0.25) is 0 Å². The van der Waals surface area contributed by atoms with Crippen LogP contribution in [0, 0.1) is 0 Å². The Morgan fingerprint density at radius 2 is 2.06 bits per heavy atom. The first-order chi connectivity index (χ1) is 15.3. The van der Waals surface area contributed by atoms with Crippen LogP contribution >= 0.6 is 0 Å². The van der Waals surface area contributed by atoms with E-state index in [9.17, 15) is 13.6 Å². The fourth-order valence-electron chi connectivity index (χ4n) is 4.79. The highest BCUT2D eigenvalue weighted by Crippen LogP contribution is 2.58. The van der Waals surface area contributed by atoms with Crippen molar-refractivity contribution in [3.8, 4) is 5.88 Å². The molecular formula is C23H24F2N4O3. The third kappa shape index (κ3) is 3.54. The lowest BCUT2D eigenvalue weighted by Crippen LogP contribution is -2.45. The van der Waals surface area contributed by atoms with Crippen molar-refractivity contribution in [2.24, 2.45) is 0 Å². The van der Waals surface area contributed by atoms with E-state index in [4.69, 9.17) is 14.5 Å². The number of imidazole rings is 1. The summed E-state index contributed by atoms with van der Waals surface area (Å²) >= 11 is 0. The maximum Gasteiger partial charge on any atom is 0.280 e. The van der Waals surface area contributed by atoms with Crippen molar-refractivity contribution in [3.63, 3.8) is 0 Å². The molecule has 3 aromatic rings. The number of carbonyl (C=O) groups is 1. The molecule has 3 fully saturated rings. The fourth-order valence-corrected chi connectivity index (χ4v) is 4.79. The molecule has 2 bridgehead atoms. The van der Waals surface area contributed by atoms with E-state index >= 15 is 0 Å². The van der Waals surface area contributed by atoms with E-state index in [1.54, 1.807) is 6.20 Å². The lowest BCUT2D eigenvalue weighted by Gasteiger charge is -2.41. The minimum Gasteiger partial charge on any atom is -0.475 e. The zero-order valence-corrected chi connectivity index (χ0v) is 18.0. The first kappa shape index (κ1) is 20.9. The van der Waals surface area contributed by atoms with Gasteiger partial charge in [-0.3, -0.25) is 4.79 Å². The average molecular weight is 442 g/mol. The van der Waals surface area contributed by atoms with Crippen molar-refractivity contribution in [3.05, 3.63) is 53.4 Å². The highest BCUT2D eigenvalue weighted by Gasteiger charge is 2.61. The standard InChI is InChI=1S/C23H24F2N4O3/c1-3-7-31-21-20-28-18(23-11-22(2,12-23)32-13-23)10-29(20)9-14(26-21)8-17(30)15-5-4-6-16(27-15)19(24)25/h4-6,9-10,19H,3,7-8,11-13H2,1-2H3. The van der Waals surface area contributed by atoms with Gasteiger partial charge in [-0.2, -0.15) is 0 Å². The predicted octanol–water partition coefficient (Wildman–Crippen LogP) is 4.10. The highest BCUT2D eigenvalue weighted by molar-refractivity contribution is 5.95. The minimum atomic E-state index is -2.73. The Morgan fingerprint density at radius 3 is 2.75 bits per heavy atom. The molecule has 168 valence electrons. The molecule has 0 N–H and O–H groups in total. The zero-order chi connectivity index (χ0) is 22.5. The Morgan fingerprint density at radius 1 is 1.25 bits per heavy atom. The number of halogens is 2. The van der Waals surface area contributed by atoms with Crippen LogP contribution < -0.4 is 4.74 Å². The second-order valence-electron chi connectivity index (χ2n) is 8.96. The number of alkyl halides is 2. The molecule has 5 heterocycles. The first-order valence-electron chi connectivity index (χ1n) is 10.7. The van der Waals surface area contributed by atoms with Crippen molar-refractivity contribution in [1.82, 2.24) is 19.4 Å². The Balaban J connectivity index is 1.47. The van der Waals surface area contributed by atoms with Gasteiger partial charge in [0.05, 0.1) is 36.6 Å². The normalized spacial score (nSPS) is 24.2. The van der Waals surface area contributed by atoms with Crippen molar-refractivity contribution in [1.29, 1.82) is 0 Å². The molecule has 3 aliphatic rings. The fraction of sp³-hybridized carbons (Fsp3) is 0.478. The summed E-state index contributed by atoms with van der Waals surface area (Å²) in [6.07, 6.45) is 3.53. The van der Waals surface area contributed by atoms with Gasteiger partial charge in [-0.05, 0) is 38.3 Å². The maximum atomic E-state index is 12.9. The van der Waals surface area contributed by atoms with Gasteiger partial charge in [-0.25, -0.2) is 23.7 Å². The number of hydrogen-bond acceptors (Lipinski definition) is 6. The van der Waals surface area contributed by atoms with Crippen LogP contribution in [0.3, 0.4) is 0 Å². The summed E-state index contributed by atoms with van der Waals surface area (Å²) < 4.78 is 39.5. The molecular weight excluding hydrogens is 418 g/mol. The number of aromatic nitrogens is 4. The van der Waals surface area contributed by atoms with Gasteiger partial charge >= 0.3 is 0 Å². The Labute approximate surface area is 183 Å². The first-order valence-corrected chi connectivity index (χ1v) is 10.7. The molecule has 0 amide bonds. The van der Waals surface area contributed by atoms with Crippen molar-refractivity contribution < 1.29 is 23.0 Å². The maximum absolute atomic E-state index is 12.9. The molecule has 6 rings (SSSR count). The van der Waals surface area contributed by atoms with Crippen molar-refractivity contribution >= 4 is 11.4 Å². The zero-order valence-electron chi connectivity index (χ0n) is 18.0. The van der Waals surface area contributed by atoms with E-state index in [0.717, 1.165) is 25.0 Å². The number of Topliss-reactive ketones (excluding diaryl/α,β-unsaturated/α-hetero) is 1. The molecule has 3 aromatic heterocycles. The molecule has 9 heteroatoms. The quantitative estimate of drug-likeness (QED) is 0.489. The van der Waals surface area contributed by atoms with Crippen LogP contribution in [0.1, 0.15) is 67.1 Å². The molecule has 2 saturated heterocycles. The van der Waals surface area contributed by atoms with Crippen molar-refractivity contribution in [2.75, 3.05) is 13.2 Å². The SMILES string of the molecule is CCCOc1nc(CC(=O)c2cccc(C(F)F)n2)cn2cc(C34COC(C)(C3)C4)nc12. The van der Waals surface area contributed by atoms with Crippen LogP contribution in [-0.4, -0.2) is 44.0 Å². The summed E-state index contributed by atoms with van der Waals surface area (Å²) in [5.74, 6) is -0.0335. The monoisotopic (exact) mass is 442 g/mol. The van der Waals surface area contributed by atoms with E-state index in [-0.39, 0.29) is 23.1 Å². The molecule has 32 heavy (non-hydrogen) atoms. The Kier molecular flexibility index (Phi) is 4.96. The number of hydrogen-bond donors (Lipinski definition) is 0. The van der Waals surface area contributed by atoms with E-state index in [1.807, 2.05) is 17.5 Å². The van der Waals surface area contributed by atoms with Gasteiger partial charge in [0, 0.05) is 17.8 Å². The number of ether oxygens (including phenoxy) is 2. The molecule has 0 unspecified atom stereocenters. The van der Waals surface area contributed by atoms with E-state index in [0.29, 0.717) is 30.4 Å². The van der Waals surface area contributed by atoms with Crippen LogP contribution in [0.25, 0.3) is 5.65 Å². The largest absolute Gasteiger partial charge is 0.475 e. The van der Waals surface area contributed by atoms with E-state index in [1.165, 1.54) is 18.2 Å². The predicted molar refractivity (Wildman–Crippen MR) is 111 cm³/mol. The van der Waals surface area contributed by atoms with Gasteiger partial charge in [0.1, 0.15) is 11.4 Å². The molecule has 1 saturated carbocycles. The van der Waals surface area contributed by atoms with Crippen LogP contribution in [0.15, 0.2) is 30.6 Å². The van der Waals surface area contributed by atoms with Gasteiger partial charge in [-0.1, -0.05) is 13.0 Å². The molecule has 0 radical (unpaired) electrons. The Hall–Kier alpha value is -2.94. The van der Waals surface area contributed by atoms with Crippen LogP contribution in [-0.2, 0) is 16.6 Å². The molecule has 0 spiro atoms. The number of nitrogens with zero attached hydrogens (tertiary/aromatic N) is 4. The topological polar surface area (TPSA) is 78.6 Å². The molecule has 2 aliphatic heterocycles. The van der Waals surface area contributed by atoms with Gasteiger partial charge in [0.2, 0.25) is 5.65 Å². The molecule has 0 aromatic carbocycles. The van der Waals surface area contributed by atoms with Gasteiger partial charge in [0.25, 0.3) is 12.3 Å². The smallest absolute Gasteiger partial charge is 0.280 e. The lowest BCUT2D eigenvalue weighted by atomic mass is 9.62. The summed E-state index contributed by atoms with van der Waals surface area (Å²) in [5.41, 5.74) is 1.41. The molecule has 1 aliphatic carbocycles. The molecule has 0 atom stereocenters. The summed E-state index contributed by atoms with van der Waals surface area (Å²) in [6.45, 7) is 5.22. The summed E-state index contributed by atoms with van der Waals surface area (Å²) in [5, 5.41) is 0. The second-order valence-corrected chi connectivity index (χ2v) is 8.96. The third-order valence-electron chi connectivity index (χ3n) is 6.19. The van der Waals surface area contributed by atoms with E-state index in [2.05, 4.69) is 16.9 Å². The van der Waals surface area contributed by atoms with Crippen LogP contribution in [0.4, 0.5) is 8.78 Å². The average Bonchev–Trinajstić information content (AvgIpc) is 3.43. The number of pyridine rings is 1. The van der Waals surface area contributed by atoms with Gasteiger partial charge in [0.15, 0.2) is 5.78 Å². The summed E-state index contributed by atoms with van der Waals surface area (Å²) in [6, 6.07) is 4.04. The second kappa shape index (κ2) is 7.58. The number of carbonyl (C=O) groups excluding carboxylic acids is 1.